The van der Waals surface area contributed by atoms with Crippen molar-refractivity contribution in [3.8, 4) is 17.6 Å². The van der Waals surface area contributed by atoms with Crippen molar-refractivity contribution in [3.05, 3.63) is 23.8 Å². The summed E-state index contributed by atoms with van der Waals surface area (Å²) in [5.74, 6) is -1.08. The molecule has 0 bridgehead atoms. The fraction of sp³-hybridized carbons (Fsp3) is 0.333. The Labute approximate surface area is 99.2 Å². The lowest BCUT2D eigenvalue weighted by molar-refractivity contribution is -0.139. The summed E-state index contributed by atoms with van der Waals surface area (Å²) >= 11 is 0. The van der Waals surface area contributed by atoms with Crippen LogP contribution in [0.4, 0.5) is 0 Å². The summed E-state index contributed by atoms with van der Waals surface area (Å²) in [6.45, 7) is 0. The zero-order valence-electron chi connectivity index (χ0n) is 9.64. The van der Waals surface area contributed by atoms with Gasteiger partial charge in [0.05, 0.1) is 20.3 Å². The third kappa shape index (κ3) is 3.11. The van der Waals surface area contributed by atoms with E-state index in [1.165, 1.54) is 14.2 Å². The molecule has 0 fully saturated rings. The number of nitriles is 1. The summed E-state index contributed by atoms with van der Waals surface area (Å²) in [7, 11) is 3.01. The summed E-state index contributed by atoms with van der Waals surface area (Å²) < 4.78 is 10.2. The SMILES string of the molecule is COc1ccc(OC)c(CC(C#N)C(=O)O)c1. The topological polar surface area (TPSA) is 79.5 Å². The van der Waals surface area contributed by atoms with Crippen molar-refractivity contribution in [3.63, 3.8) is 0 Å². The van der Waals surface area contributed by atoms with Crippen LogP contribution in [-0.4, -0.2) is 25.3 Å². The van der Waals surface area contributed by atoms with Crippen molar-refractivity contribution < 1.29 is 19.4 Å². The zero-order valence-corrected chi connectivity index (χ0v) is 9.64. The molecule has 17 heavy (non-hydrogen) atoms. The lowest BCUT2D eigenvalue weighted by Crippen LogP contribution is -2.14. The normalized spacial score (nSPS) is 11.4. The third-order valence-corrected chi connectivity index (χ3v) is 2.37. The average Bonchev–Trinajstić information content (AvgIpc) is 2.35. The number of carboxylic acid groups (broad SMARTS) is 1. The molecule has 0 radical (unpaired) electrons. The monoisotopic (exact) mass is 235 g/mol. The van der Waals surface area contributed by atoms with Gasteiger partial charge in [-0.3, -0.25) is 4.79 Å². The molecule has 0 saturated heterocycles. The summed E-state index contributed by atoms with van der Waals surface area (Å²) in [6.07, 6.45) is 0.0895. The van der Waals surface area contributed by atoms with Gasteiger partial charge >= 0.3 is 5.97 Å². The van der Waals surface area contributed by atoms with Crippen LogP contribution in [0.2, 0.25) is 0 Å². The van der Waals surface area contributed by atoms with Gasteiger partial charge < -0.3 is 14.6 Å². The van der Waals surface area contributed by atoms with Gasteiger partial charge in [-0.1, -0.05) is 0 Å². The molecule has 0 aliphatic carbocycles. The number of aliphatic carboxylic acids is 1. The number of nitrogens with zero attached hydrogens (tertiary/aromatic N) is 1. The second-order valence-electron chi connectivity index (χ2n) is 3.40. The van der Waals surface area contributed by atoms with E-state index >= 15 is 0 Å². The van der Waals surface area contributed by atoms with E-state index in [0.29, 0.717) is 17.1 Å². The standard InChI is InChI=1S/C12H13NO4/c1-16-10-3-4-11(17-2)8(6-10)5-9(7-13)12(14)15/h3-4,6,9H,5H2,1-2H3,(H,14,15). The smallest absolute Gasteiger partial charge is 0.321 e. The largest absolute Gasteiger partial charge is 0.497 e. The third-order valence-electron chi connectivity index (χ3n) is 2.37. The molecular formula is C12H13NO4. The van der Waals surface area contributed by atoms with Gasteiger partial charge in [-0.05, 0) is 23.8 Å². The predicted octanol–water partition coefficient (Wildman–Crippen LogP) is 1.47. The molecule has 0 amide bonds. The highest BCUT2D eigenvalue weighted by atomic mass is 16.5. The van der Waals surface area contributed by atoms with Gasteiger partial charge in [0.2, 0.25) is 0 Å². The highest BCUT2D eigenvalue weighted by molar-refractivity contribution is 5.73. The Balaban J connectivity index is 3.02. The van der Waals surface area contributed by atoms with Crippen LogP contribution in [0.25, 0.3) is 0 Å². The van der Waals surface area contributed by atoms with E-state index in [1.54, 1.807) is 24.3 Å². The molecule has 90 valence electrons. The van der Waals surface area contributed by atoms with E-state index in [4.69, 9.17) is 19.8 Å². The van der Waals surface area contributed by atoms with E-state index in [2.05, 4.69) is 0 Å². The minimum absolute atomic E-state index is 0.0895. The maximum atomic E-state index is 10.8. The molecule has 1 aromatic carbocycles. The van der Waals surface area contributed by atoms with Gasteiger partial charge in [0.1, 0.15) is 17.4 Å². The Morgan fingerprint density at radius 1 is 1.47 bits per heavy atom. The first kappa shape index (κ1) is 12.8. The molecule has 1 atom stereocenters. The minimum Gasteiger partial charge on any atom is -0.497 e. The lowest BCUT2D eigenvalue weighted by Gasteiger charge is -2.11. The van der Waals surface area contributed by atoms with E-state index in [9.17, 15) is 4.79 Å². The molecule has 1 N–H and O–H groups in total. The number of methoxy groups -OCH3 is 2. The van der Waals surface area contributed by atoms with E-state index in [0.717, 1.165) is 0 Å². The van der Waals surface area contributed by atoms with Crippen LogP contribution in [0.5, 0.6) is 11.5 Å². The molecule has 0 aliphatic rings. The van der Waals surface area contributed by atoms with Crippen molar-refractivity contribution in [2.75, 3.05) is 14.2 Å². The summed E-state index contributed by atoms with van der Waals surface area (Å²) in [5.41, 5.74) is 0.640. The second kappa shape index (κ2) is 5.75. The van der Waals surface area contributed by atoms with Crippen LogP contribution >= 0.6 is 0 Å². The quantitative estimate of drug-likeness (QED) is 0.835. The Hall–Kier alpha value is -2.22. The van der Waals surface area contributed by atoms with E-state index < -0.39 is 11.9 Å². The van der Waals surface area contributed by atoms with Crippen LogP contribution in [-0.2, 0) is 11.2 Å². The number of carbonyl (C=O) groups is 1. The van der Waals surface area contributed by atoms with Gasteiger partial charge in [0.25, 0.3) is 0 Å². The molecule has 5 nitrogen and oxygen atoms in total. The Morgan fingerprint density at radius 3 is 2.65 bits per heavy atom. The minimum atomic E-state index is -1.14. The average molecular weight is 235 g/mol. The van der Waals surface area contributed by atoms with Crippen molar-refractivity contribution in [1.82, 2.24) is 0 Å². The highest BCUT2D eigenvalue weighted by Crippen LogP contribution is 2.26. The van der Waals surface area contributed by atoms with Gasteiger partial charge in [0.15, 0.2) is 0 Å². The fourth-order valence-corrected chi connectivity index (χ4v) is 1.45. The van der Waals surface area contributed by atoms with Gasteiger partial charge in [-0.15, -0.1) is 0 Å². The molecule has 0 saturated carbocycles. The van der Waals surface area contributed by atoms with Crippen LogP contribution in [0.3, 0.4) is 0 Å². The van der Waals surface area contributed by atoms with Gasteiger partial charge in [0, 0.05) is 6.42 Å². The molecule has 0 aromatic heterocycles. The van der Waals surface area contributed by atoms with E-state index in [-0.39, 0.29) is 6.42 Å². The van der Waals surface area contributed by atoms with Crippen LogP contribution in [0, 0.1) is 17.2 Å². The number of ether oxygens (including phenoxy) is 2. The maximum Gasteiger partial charge on any atom is 0.321 e. The van der Waals surface area contributed by atoms with Crippen LogP contribution < -0.4 is 9.47 Å². The van der Waals surface area contributed by atoms with Crippen LogP contribution in [0.15, 0.2) is 18.2 Å². The van der Waals surface area contributed by atoms with Crippen molar-refractivity contribution in [1.29, 1.82) is 5.26 Å². The molecule has 1 unspecified atom stereocenters. The Morgan fingerprint density at radius 2 is 2.18 bits per heavy atom. The first-order valence-electron chi connectivity index (χ1n) is 4.95. The first-order chi connectivity index (χ1) is 8.12. The summed E-state index contributed by atoms with van der Waals surface area (Å²) in [4.78, 5) is 10.8. The molecule has 0 spiro atoms. The lowest BCUT2D eigenvalue weighted by atomic mass is 10.00. The summed E-state index contributed by atoms with van der Waals surface area (Å²) in [6, 6.07) is 6.81. The van der Waals surface area contributed by atoms with Crippen molar-refractivity contribution >= 4 is 5.97 Å². The maximum absolute atomic E-state index is 10.8. The molecule has 1 rings (SSSR count). The fourth-order valence-electron chi connectivity index (χ4n) is 1.45. The molecule has 5 heteroatoms. The second-order valence-corrected chi connectivity index (χ2v) is 3.40. The van der Waals surface area contributed by atoms with Gasteiger partial charge in [-0.25, -0.2) is 0 Å². The number of hydrogen-bond acceptors (Lipinski definition) is 4. The number of benzene rings is 1. The molecular weight excluding hydrogens is 222 g/mol. The predicted molar refractivity (Wildman–Crippen MR) is 60.0 cm³/mol. The Bertz CT molecular complexity index is 450. The van der Waals surface area contributed by atoms with E-state index in [1.807, 2.05) is 0 Å². The molecule has 0 aliphatic heterocycles. The first-order valence-corrected chi connectivity index (χ1v) is 4.95. The molecule has 0 heterocycles. The number of rotatable bonds is 5. The molecule has 1 aromatic rings. The summed E-state index contributed by atoms with van der Waals surface area (Å²) in [5, 5.41) is 17.6. The Kier molecular flexibility index (Phi) is 4.35. The number of hydrogen-bond donors (Lipinski definition) is 1. The highest BCUT2D eigenvalue weighted by Gasteiger charge is 2.19. The number of carboxylic acids is 1. The van der Waals surface area contributed by atoms with Crippen LogP contribution in [0.1, 0.15) is 5.56 Å². The zero-order chi connectivity index (χ0) is 12.8. The van der Waals surface area contributed by atoms with Gasteiger partial charge in [-0.2, -0.15) is 5.26 Å². The van der Waals surface area contributed by atoms with Crippen molar-refractivity contribution in [2.24, 2.45) is 5.92 Å². The van der Waals surface area contributed by atoms with Crippen molar-refractivity contribution in [2.45, 2.75) is 6.42 Å².